The zero-order valence-electron chi connectivity index (χ0n) is 17.0. The number of rotatable bonds is 4. The standard InChI is InChI=1S/C24H21Cl2N3O/c1-14-10-15-11-21(29-22(15)27-13-14)19-12-18(8-9-20(19)26)28-23(30)24(2,3)16-4-6-17(25)7-5-16/h4-10,12-13H,11H2,1-3H3,(H,28,30). The van der Waals surface area contributed by atoms with Gasteiger partial charge >= 0.3 is 0 Å². The summed E-state index contributed by atoms with van der Waals surface area (Å²) < 4.78 is 0. The Balaban J connectivity index is 1.58. The molecule has 0 saturated carbocycles. The first-order valence-corrected chi connectivity index (χ1v) is 10.4. The third kappa shape index (κ3) is 3.98. The summed E-state index contributed by atoms with van der Waals surface area (Å²) in [5.41, 5.74) is 4.66. The van der Waals surface area contributed by atoms with Crippen molar-refractivity contribution in [1.82, 2.24) is 4.98 Å². The molecule has 1 N–H and O–H groups in total. The molecule has 0 fully saturated rings. The lowest BCUT2D eigenvalue weighted by Gasteiger charge is -2.24. The van der Waals surface area contributed by atoms with Crippen LogP contribution < -0.4 is 5.32 Å². The van der Waals surface area contributed by atoms with Crippen LogP contribution in [-0.2, 0) is 16.6 Å². The Morgan fingerprint density at radius 1 is 1.07 bits per heavy atom. The van der Waals surface area contributed by atoms with E-state index in [0.717, 1.165) is 33.8 Å². The minimum Gasteiger partial charge on any atom is -0.325 e. The van der Waals surface area contributed by atoms with Crippen molar-refractivity contribution in [2.24, 2.45) is 4.99 Å². The van der Waals surface area contributed by atoms with E-state index < -0.39 is 5.41 Å². The fourth-order valence-electron chi connectivity index (χ4n) is 3.47. The molecule has 1 aliphatic heterocycles. The first-order valence-electron chi connectivity index (χ1n) is 9.64. The van der Waals surface area contributed by atoms with Gasteiger partial charge in [0.1, 0.15) is 0 Å². The molecule has 3 aromatic rings. The van der Waals surface area contributed by atoms with E-state index in [2.05, 4.69) is 21.4 Å². The summed E-state index contributed by atoms with van der Waals surface area (Å²) in [6, 6.07) is 14.9. The Morgan fingerprint density at radius 3 is 2.53 bits per heavy atom. The molecule has 0 bridgehead atoms. The fourth-order valence-corrected chi connectivity index (χ4v) is 3.82. The second-order valence-corrected chi connectivity index (χ2v) is 8.85. The van der Waals surface area contributed by atoms with Crippen molar-refractivity contribution in [2.45, 2.75) is 32.6 Å². The number of nitrogens with one attached hydrogen (secondary N) is 1. The number of carbonyl (C=O) groups is 1. The maximum atomic E-state index is 13.0. The van der Waals surface area contributed by atoms with Crippen molar-refractivity contribution >= 4 is 46.3 Å². The van der Waals surface area contributed by atoms with Crippen LogP contribution in [0.15, 0.2) is 59.7 Å². The molecule has 30 heavy (non-hydrogen) atoms. The molecular formula is C24H21Cl2N3O. The number of halogens is 2. The number of anilines is 1. The van der Waals surface area contributed by atoms with Crippen molar-refractivity contribution in [3.63, 3.8) is 0 Å². The highest BCUT2D eigenvalue weighted by atomic mass is 35.5. The molecule has 0 atom stereocenters. The lowest BCUT2D eigenvalue weighted by Crippen LogP contribution is -2.34. The Kier molecular flexibility index (Phi) is 5.39. The third-order valence-corrected chi connectivity index (χ3v) is 5.93. The second-order valence-electron chi connectivity index (χ2n) is 8.01. The highest BCUT2D eigenvalue weighted by Crippen LogP contribution is 2.32. The maximum absolute atomic E-state index is 13.0. The second kappa shape index (κ2) is 7.86. The molecule has 1 aromatic heterocycles. The number of hydrogen-bond acceptors (Lipinski definition) is 3. The Labute approximate surface area is 186 Å². The quantitative estimate of drug-likeness (QED) is 0.521. The summed E-state index contributed by atoms with van der Waals surface area (Å²) in [4.78, 5) is 22.1. The zero-order chi connectivity index (χ0) is 21.5. The number of aromatic nitrogens is 1. The topological polar surface area (TPSA) is 54.4 Å². The summed E-state index contributed by atoms with van der Waals surface area (Å²) in [5.74, 6) is 0.608. The highest BCUT2D eigenvalue weighted by molar-refractivity contribution is 6.34. The van der Waals surface area contributed by atoms with E-state index in [-0.39, 0.29) is 5.91 Å². The van der Waals surface area contributed by atoms with Crippen LogP contribution in [0.2, 0.25) is 10.0 Å². The van der Waals surface area contributed by atoms with E-state index in [4.69, 9.17) is 23.2 Å². The number of aryl methyl sites for hydroxylation is 1. The van der Waals surface area contributed by atoms with E-state index in [1.165, 1.54) is 0 Å². The average Bonchev–Trinajstić information content (AvgIpc) is 3.12. The maximum Gasteiger partial charge on any atom is 0.234 e. The first kappa shape index (κ1) is 20.6. The lowest BCUT2D eigenvalue weighted by atomic mass is 9.83. The molecule has 2 heterocycles. The monoisotopic (exact) mass is 437 g/mol. The third-order valence-electron chi connectivity index (χ3n) is 5.35. The molecule has 152 valence electrons. The van der Waals surface area contributed by atoms with Crippen LogP contribution in [0.25, 0.3) is 0 Å². The summed E-state index contributed by atoms with van der Waals surface area (Å²) in [7, 11) is 0. The molecule has 0 saturated heterocycles. The molecule has 0 unspecified atom stereocenters. The average molecular weight is 438 g/mol. The fraction of sp³-hybridized carbons (Fsp3) is 0.208. The molecule has 0 aliphatic carbocycles. The van der Waals surface area contributed by atoms with Crippen LogP contribution in [-0.4, -0.2) is 16.6 Å². The summed E-state index contributed by atoms with van der Waals surface area (Å²) in [5, 5.41) is 4.25. The number of pyridine rings is 1. The van der Waals surface area contributed by atoms with E-state index in [0.29, 0.717) is 22.2 Å². The van der Waals surface area contributed by atoms with Crippen LogP contribution in [0, 0.1) is 6.92 Å². The van der Waals surface area contributed by atoms with E-state index in [1.807, 2.05) is 45.2 Å². The predicted molar refractivity (Wildman–Crippen MR) is 123 cm³/mol. The van der Waals surface area contributed by atoms with Gasteiger partial charge in [0, 0.05) is 39.5 Å². The minimum absolute atomic E-state index is 0.118. The molecule has 0 spiro atoms. The van der Waals surface area contributed by atoms with Crippen LogP contribution >= 0.6 is 23.2 Å². The largest absolute Gasteiger partial charge is 0.325 e. The molecule has 4 rings (SSSR count). The number of nitrogens with zero attached hydrogens (tertiary/aromatic N) is 2. The van der Waals surface area contributed by atoms with Gasteiger partial charge in [-0.05, 0) is 62.2 Å². The Bertz CT molecular complexity index is 1170. The molecular weight excluding hydrogens is 417 g/mol. The summed E-state index contributed by atoms with van der Waals surface area (Å²) >= 11 is 12.4. The van der Waals surface area contributed by atoms with Crippen molar-refractivity contribution in [1.29, 1.82) is 0 Å². The van der Waals surface area contributed by atoms with E-state index in [1.54, 1.807) is 24.3 Å². The number of amides is 1. The molecule has 4 nitrogen and oxygen atoms in total. The van der Waals surface area contributed by atoms with Gasteiger partial charge in [-0.3, -0.25) is 4.79 Å². The summed E-state index contributed by atoms with van der Waals surface area (Å²) in [6.07, 6.45) is 2.47. The van der Waals surface area contributed by atoms with Crippen LogP contribution in [0.1, 0.15) is 36.1 Å². The number of fused-ring (bicyclic) bond motifs is 1. The first-order chi connectivity index (χ1) is 14.2. The van der Waals surface area contributed by atoms with E-state index >= 15 is 0 Å². The van der Waals surface area contributed by atoms with Crippen LogP contribution in [0.5, 0.6) is 0 Å². The highest BCUT2D eigenvalue weighted by Gasteiger charge is 2.30. The smallest absolute Gasteiger partial charge is 0.234 e. The van der Waals surface area contributed by atoms with Gasteiger partial charge in [-0.1, -0.05) is 41.4 Å². The van der Waals surface area contributed by atoms with Crippen molar-refractivity contribution in [3.8, 4) is 0 Å². The van der Waals surface area contributed by atoms with Gasteiger partial charge < -0.3 is 5.32 Å². The van der Waals surface area contributed by atoms with Gasteiger partial charge in [-0.15, -0.1) is 0 Å². The number of carbonyl (C=O) groups excluding carboxylic acids is 1. The van der Waals surface area contributed by atoms with Crippen molar-refractivity contribution in [2.75, 3.05) is 5.32 Å². The molecule has 0 radical (unpaired) electrons. The molecule has 2 aromatic carbocycles. The normalized spacial score (nSPS) is 13.0. The Morgan fingerprint density at radius 2 is 1.80 bits per heavy atom. The van der Waals surface area contributed by atoms with Crippen molar-refractivity contribution in [3.05, 3.63) is 87.0 Å². The minimum atomic E-state index is -0.729. The predicted octanol–water partition coefficient (Wildman–Crippen LogP) is 6.29. The molecule has 1 amide bonds. The Hall–Kier alpha value is -2.69. The van der Waals surface area contributed by atoms with Crippen LogP contribution in [0.4, 0.5) is 11.5 Å². The summed E-state index contributed by atoms with van der Waals surface area (Å²) in [6.45, 7) is 5.78. The van der Waals surface area contributed by atoms with Crippen LogP contribution in [0.3, 0.4) is 0 Å². The number of benzene rings is 2. The molecule has 1 aliphatic rings. The SMILES string of the molecule is Cc1cnc2c(c1)CC(c1cc(NC(=O)C(C)(C)c3ccc(Cl)cc3)ccc1Cl)=N2. The van der Waals surface area contributed by atoms with Crippen molar-refractivity contribution < 1.29 is 4.79 Å². The van der Waals surface area contributed by atoms with E-state index in [9.17, 15) is 4.79 Å². The number of hydrogen-bond donors (Lipinski definition) is 1. The van der Waals surface area contributed by atoms with Gasteiger partial charge in [0.15, 0.2) is 5.82 Å². The zero-order valence-corrected chi connectivity index (χ0v) is 18.5. The van der Waals surface area contributed by atoms with Gasteiger partial charge in [0.2, 0.25) is 5.91 Å². The van der Waals surface area contributed by atoms with Gasteiger partial charge in [0.05, 0.1) is 11.1 Å². The molecule has 6 heteroatoms. The lowest BCUT2D eigenvalue weighted by molar-refractivity contribution is -0.120. The van der Waals surface area contributed by atoms with Gasteiger partial charge in [0.25, 0.3) is 0 Å². The van der Waals surface area contributed by atoms with Gasteiger partial charge in [-0.25, -0.2) is 9.98 Å². The van der Waals surface area contributed by atoms with Gasteiger partial charge in [-0.2, -0.15) is 0 Å². The number of aliphatic imine (C=N–C) groups is 1.